The summed E-state index contributed by atoms with van der Waals surface area (Å²) < 4.78 is 0. The van der Waals surface area contributed by atoms with Crippen LogP contribution in [0.5, 0.6) is 0 Å². The number of nitrogens with zero attached hydrogens (tertiary/aromatic N) is 1. The molecule has 1 aliphatic rings. The van der Waals surface area contributed by atoms with Crippen LogP contribution in [0, 0.1) is 0 Å². The van der Waals surface area contributed by atoms with Crippen molar-refractivity contribution >= 4 is 11.9 Å². The van der Waals surface area contributed by atoms with Crippen molar-refractivity contribution in [3.63, 3.8) is 0 Å². The molecule has 1 heterocycles. The summed E-state index contributed by atoms with van der Waals surface area (Å²) in [5.41, 5.74) is 1.02. The largest absolute Gasteiger partial charge is 0.344 e. The van der Waals surface area contributed by atoms with Crippen LogP contribution in [0.15, 0.2) is 30.3 Å². The van der Waals surface area contributed by atoms with Gasteiger partial charge < -0.3 is 5.32 Å². The Morgan fingerprint density at radius 2 is 1.93 bits per heavy atom. The van der Waals surface area contributed by atoms with E-state index in [9.17, 15) is 9.59 Å². The summed E-state index contributed by atoms with van der Waals surface area (Å²) in [6.45, 7) is 0. The van der Waals surface area contributed by atoms with Crippen LogP contribution in [0.1, 0.15) is 5.56 Å². The molecule has 71 valence electrons. The molecule has 0 aliphatic carbocycles. The van der Waals surface area contributed by atoms with Gasteiger partial charge in [0.1, 0.15) is 6.04 Å². The van der Waals surface area contributed by atoms with Crippen LogP contribution in [0.4, 0.5) is 4.79 Å². The molecule has 4 nitrogen and oxygen atoms in total. The van der Waals surface area contributed by atoms with Gasteiger partial charge in [0.15, 0.2) is 0 Å². The number of amides is 3. The van der Waals surface area contributed by atoms with Crippen molar-refractivity contribution in [2.24, 2.45) is 0 Å². The Hall–Kier alpha value is -1.84. The van der Waals surface area contributed by atoms with Crippen molar-refractivity contribution in [1.29, 1.82) is 0 Å². The van der Waals surface area contributed by atoms with Crippen LogP contribution >= 0.6 is 0 Å². The maximum absolute atomic E-state index is 11.1. The Morgan fingerprint density at radius 1 is 1.21 bits per heavy atom. The zero-order valence-electron chi connectivity index (χ0n) is 7.43. The Labute approximate surface area is 81.3 Å². The lowest BCUT2D eigenvalue weighted by atomic mass is 10.1. The summed E-state index contributed by atoms with van der Waals surface area (Å²) in [5.74, 6) is -0.376. The minimum absolute atomic E-state index is 0.376. The summed E-state index contributed by atoms with van der Waals surface area (Å²) >= 11 is 0. The molecule has 1 aromatic rings. The summed E-state index contributed by atoms with van der Waals surface area (Å²) in [4.78, 5) is 21.9. The minimum atomic E-state index is -0.532. The standard InChI is InChI=1S/C10H9N2O2/c13-9-8(11-10(14)12-9)6-7-4-2-1-3-5-7/h1-5,8H,6H2,(H,11,14). The van der Waals surface area contributed by atoms with E-state index in [0.717, 1.165) is 5.56 Å². The number of carbonyl (C=O) groups is 2. The molecule has 3 amide bonds. The second kappa shape index (κ2) is 3.49. The van der Waals surface area contributed by atoms with Gasteiger partial charge in [0.2, 0.25) is 0 Å². The number of urea groups is 1. The van der Waals surface area contributed by atoms with Crippen molar-refractivity contribution in [3.05, 3.63) is 35.9 Å². The second-order valence-electron chi connectivity index (χ2n) is 3.14. The maximum Gasteiger partial charge on any atom is 0.344 e. The highest BCUT2D eigenvalue weighted by atomic mass is 16.2. The van der Waals surface area contributed by atoms with Gasteiger partial charge in [-0.05, 0) is 5.56 Å². The molecule has 0 aromatic heterocycles. The average Bonchev–Trinajstić information content (AvgIpc) is 2.47. The van der Waals surface area contributed by atoms with Crippen molar-refractivity contribution in [2.75, 3.05) is 0 Å². The topological polar surface area (TPSA) is 60.3 Å². The van der Waals surface area contributed by atoms with E-state index >= 15 is 0 Å². The number of benzene rings is 1. The zero-order chi connectivity index (χ0) is 9.97. The van der Waals surface area contributed by atoms with Gasteiger partial charge in [-0.25, -0.2) is 4.79 Å². The first-order chi connectivity index (χ1) is 6.75. The lowest BCUT2D eigenvalue weighted by Gasteiger charge is -2.05. The predicted molar refractivity (Wildman–Crippen MR) is 49.6 cm³/mol. The number of imide groups is 1. The van der Waals surface area contributed by atoms with E-state index in [1.54, 1.807) is 0 Å². The van der Waals surface area contributed by atoms with Gasteiger partial charge in [-0.1, -0.05) is 30.3 Å². The van der Waals surface area contributed by atoms with E-state index in [1.807, 2.05) is 30.3 Å². The van der Waals surface area contributed by atoms with Crippen molar-refractivity contribution < 1.29 is 9.59 Å². The Morgan fingerprint density at radius 3 is 2.50 bits per heavy atom. The van der Waals surface area contributed by atoms with E-state index in [-0.39, 0.29) is 5.91 Å². The molecule has 1 atom stereocenters. The molecule has 1 aliphatic heterocycles. The first-order valence-corrected chi connectivity index (χ1v) is 4.36. The molecule has 1 radical (unpaired) electrons. The first kappa shape index (κ1) is 8.74. The highest BCUT2D eigenvalue weighted by Gasteiger charge is 2.31. The fraction of sp³-hybridized carbons (Fsp3) is 0.200. The molecule has 0 saturated carbocycles. The molecule has 1 unspecified atom stereocenters. The lowest BCUT2D eigenvalue weighted by Crippen LogP contribution is -2.30. The molecular formula is C10H9N2O2. The van der Waals surface area contributed by atoms with Crippen LogP contribution in [-0.2, 0) is 11.2 Å². The second-order valence-corrected chi connectivity index (χ2v) is 3.14. The van der Waals surface area contributed by atoms with Gasteiger partial charge in [-0.2, -0.15) is 5.32 Å². The van der Waals surface area contributed by atoms with Gasteiger partial charge in [-0.15, -0.1) is 0 Å². The monoisotopic (exact) mass is 189 g/mol. The molecule has 1 aromatic carbocycles. The quantitative estimate of drug-likeness (QED) is 0.687. The number of hydrogen-bond donors (Lipinski definition) is 1. The van der Waals surface area contributed by atoms with Crippen LogP contribution in [0.3, 0.4) is 0 Å². The van der Waals surface area contributed by atoms with E-state index < -0.39 is 12.1 Å². The lowest BCUT2D eigenvalue weighted by molar-refractivity contribution is -0.120. The van der Waals surface area contributed by atoms with E-state index in [0.29, 0.717) is 6.42 Å². The summed E-state index contributed by atoms with van der Waals surface area (Å²) in [5, 5.41) is 5.77. The van der Waals surface area contributed by atoms with Gasteiger partial charge in [-0.3, -0.25) is 4.79 Å². The maximum atomic E-state index is 11.1. The SMILES string of the molecule is O=C1[N]C(=O)C(Cc2ccccc2)N1. The van der Waals surface area contributed by atoms with Crippen LogP contribution in [0.25, 0.3) is 0 Å². The summed E-state index contributed by atoms with van der Waals surface area (Å²) in [6, 6.07) is 8.51. The number of carbonyl (C=O) groups excluding carboxylic acids is 2. The molecule has 1 fully saturated rings. The molecule has 0 bridgehead atoms. The smallest absolute Gasteiger partial charge is 0.324 e. The van der Waals surface area contributed by atoms with Crippen LogP contribution in [-0.4, -0.2) is 18.0 Å². The highest BCUT2D eigenvalue weighted by molar-refractivity contribution is 6.03. The van der Waals surface area contributed by atoms with Crippen molar-refractivity contribution in [3.8, 4) is 0 Å². The van der Waals surface area contributed by atoms with E-state index in [4.69, 9.17) is 0 Å². The summed E-state index contributed by atoms with van der Waals surface area (Å²) in [6.07, 6.45) is 0.509. The fourth-order valence-electron chi connectivity index (χ4n) is 1.41. The summed E-state index contributed by atoms with van der Waals surface area (Å²) in [7, 11) is 0. The van der Waals surface area contributed by atoms with Gasteiger partial charge in [0, 0.05) is 6.42 Å². The molecule has 1 saturated heterocycles. The molecule has 14 heavy (non-hydrogen) atoms. The molecule has 1 N–H and O–H groups in total. The number of rotatable bonds is 2. The van der Waals surface area contributed by atoms with E-state index in [2.05, 4.69) is 10.6 Å². The Balaban J connectivity index is 2.05. The average molecular weight is 189 g/mol. The highest BCUT2D eigenvalue weighted by Crippen LogP contribution is 2.06. The molecule has 2 rings (SSSR count). The molecule has 0 spiro atoms. The third kappa shape index (κ3) is 1.74. The minimum Gasteiger partial charge on any atom is -0.324 e. The van der Waals surface area contributed by atoms with E-state index in [1.165, 1.54) is 0 Å². The predicted octanol–water partition coefficient (Wildman–Crippen LogP) is 0.452. The van der Waals surface area contributed by atoms with Gasteiger partial charge in [0.25, 0.3) is 5.91 Å². The third-order valence-corrected chi connectivity index (χ3v) is 2.09. The first-order valence-electron chi connectivity index (χ1n) is 4.36. The van der Waals surface area contributed by atoms with Gasteiger partial charge in [0.05, 0.1) is 0 Å². The number of nitrogens with one attached hydrogen (secondary N) is 1. The van der Waals surface area contributed by atoms with Gasteiger partial charge >= 0.3 is 6.03 Å². The zero-order valence-corrected chi connectivity index (χ0v) is 7.43. The molecular weight excluding hydrogens is 180 g/mol. The fourth-order valence-corrected chi connectivity index (χ4v) is 1.41. The van der Waals surface area contributed by atoms with Crippen LogP contribution < -0.4 is 10.6 Å². The Kier molecular flexibility index (Phi) is 2.18. The molecule has 4 heteroatoms. The normalized spacial score (nSPS) is 20.4. The van der Waals surface area contributed by atoms with Crippen molar-refractivity contribution in [2.45, 2.75) is 12.5 Å². The third-order valence-electron chi connectivity index (χ3n) is 2.09. The Bertz CT molecular complexity index is 362. The van der Waals surface area contributed by atoms with Crippen molar-refractivity contribution in [1.82, 2.24) is 10.6 Å². The van der Waals surface area contributed by atoms with Crippen LogP contribution in [0.2, 0.25) is 0 Å². The number of hydrogen-bond acceptors (Lipinski definition) is 2.